The molecule has 0 saturated carbocycles. The van der Waals surface area contributed by atoms with Crippen molar-refractivity contribution in [2.45, 2.75) is 12.1 Å². The number of hydrogen-bond donors (Lipinski definition) is 1. The van der Waals surface area contributed by atoms with Gasteiger partial charge in [-0.1, -0.05) is 63.4 Å². The van der Waals surface area contributed by atoms with Crippen molar-refractivity contribution in [3.05, 3.63) is 97.9 Å². The minimum absolute atomic E-state index is 0.00871. The maximum Gasteiger partial charge on any atom is 0.335 e. The molecule has 0 bridgehead atoms. The molecule has 0 radical (unpaired) electrons. The van der Waals surface area contributed by atoms with Crippen molar-refractivity contribution in [3.8, 4) is 0 Å². The van der Waals surface area contributed by atoms with Gasteiger partial charge in [0.1, 0.15) is 0 Å². The third-order valence-corrected chi connectivity index (χ3v) is 7.89. The van der Waals surface area contributed by atoms with Crippen molar-refractivity contribution in [1.29, 1.82) is 0 Å². The molecular weight excluding hydrogens is 563 g/mol. The van der Waals surface area contributed by atoms with Crippen LogP contribution >= 0.6 is 39.1 Å². The Morgan fingerprint density at radius 1 is 1.00 bits per heavy atom. The Balaban J connectivity index is 1.66. The van der Waals surface area contributed by atoms with E-state index in [1.54, 1.807) is 6.07 Å². The van der Waals surface area contributed by atoms with Gasteiger partial charge in [0.05, 0.1) is 29.6 Å². The molecule has 1 heterocycles. The lowest BCUT2D eigenvalue weighted by Gasteiger charge is -2.48. The Labute approximate surface area is 216 Å². The number of carboxylic acid groups (broad SMARTS) is 1. The number of carboxylic acids is 1. The summed E-state index contributed by atoms with van der Waals surface area (Å²) in [5.74, 6) is -1.13. The summed E-state index contributed by atoms with van der Waals surface area (Å²) in [5.41, 5.74) is 2.36. The first kappa shape index (κ1) is 25.0. The van der Waals surface area contributed by atoms with E-state index in [1.165, 1.54) is 16.4 Å². The van der Waals surface area contributed by atoms with Gasteiger partial charge in [0.25, 0.3) is 0 Å². The summed E-state index contributed by atoms with van der Waals surface area (Å²) in [6.07, 6.45) is 1.13. The number of likely N-dealkylation sites (tertiary alicyclic amines) is 1. The minimum atomic E-state index is -3.67. The zero-order valence-electron chi connectivity index (χ0n) is 18.0. The first-order chi connectivity index (χ1) is 16.0. The molecule has 3 aromatic rings. The summed E-state index contributed by atoms with van der Waals surface area (Å²) in [4.78, 5) is 13.7. The number of anilines is 1. The van der Waals surface area contributed by atoms with Gasteiger partial charge in [-0.15, -0.1) is 0 Å². The first-order valence-corrected chi connectivity index (χ1v) is 13.7. The molecule has 1 saturated heterocycles. The molecule has 1 fully saturated rings. The SMILES string of the molecule is CS(=O)(=O)N(c1cc(Br)cc(C(=O)O)c1)C1CN(C(c2ccc(Cl)cc2)c2ccc(Cl)cc2)C1. The molecule has 0 aromatic heterocycles. The Morgan fingerprint density at radius 3 is 1.94 bits per heavy atom. The molecule has 6 nitrogen and oxygen atoms in total. The Morgan fingerprint density at radius 2 is 1.50 bits per heavy atom. The molecule has 1 aliphatic rings. The Hall–Kier alpha value is -2.10. The smallest absolute Gasteiger partial charge is 0.335 e. The quantitative estimate of drug-likeness (QED) is 0.386. The summed E-state index contributed by atoms with van der Waals surface area (Å²) in [6.45, 7) is 0.913. The molecule has 0 aliphatic carbocycles. The van der Waals surface area contributed by atoms with Gasteiger partial charge in [-0.3, -0.25) is 9.21 Å². The van der Waals surface area contributed by atoms with Crippen LogP contribution in [0.4, 0.5) is 5.69 Å². The van der Waals surface area contributed by atoms with Crippen molar-refractivity contribution in [3.63, 3.8) is 0 Å². The molecule has 1 aliphatic heterocycles. The lowest BCUT2D eigenvalue weighted by atomic mass is 9.93. The Bertz CT molecular complexity index is 1270. The highest BCUT2D eigenvalue weighted by molar-refractivity contribution is 9.10. The summed E-state index contributed by atoms with van der Waals surface area (Å²) in [6, 6.07) is 19.1. The molecule has 0 atom stereocenters. The summed E-state index contributed by atoms with van der Waals surface area (Å²) in [5, 5.41) is 10.7. The average molecular weight is 584 g/mol. The van der Waals surface area contributed by atoms with Crippen molar-refractivity contribution < 1.29 is 18.3 Å². The highest BCUT2D eigenvalue weighted by Gasteiger charge is 2.41. The van der Waals surface area contributed by atoms with Crippen LogP contribution in [0.5, 0.6) is 0 Å². The maximum absolute atomic E-state index is 12.8. The molecule has 0 spiro atoms. The fourth-order valence-corrected chi connectivity index (χ4v) is 6.15. The fourth-order valence-electron chi connectivity index (χ4n) is 4.25. The highest BCUT2D eigenvalue weighted by Crippen LogP contribution is 2.37. The van der Waals surface area contributed by atoms with Gasteiger partial charge in [-0.25, -0.2) is 13.2 Å². The number of sulfonamides is 1. The lowest BCUT2D eigenvalue weighted by molar-refractivity contribution is 0.0696. The van der Waals surface area contributed by atoms with Crippen molar-refractivity contribution >= 4 is 60.8 Å². The predicted molar refractivity (Wildman–Crippen MR) is 139 cm³/mol. The topological polar surface area (TPSA) is 77.9 Å². The number of hydrogen-bond acceptors (Lipinski definition) is 4. The van der Waals surface area contributed by atoms with E-state index in [-0.39, 0.29) is 17.6 Å². The van der Waals surface area contributed by atoms with E-state index in [4.69, 9.17) is 23.2 Å². The summed E-state index contributed by atoms with van der Waals surface area (Å²) in [7, 11) is -3.67. The fraction of sp³-hybridized carbons (Fsp3) is 0.208. The second-order valence-electron chi connectivity index (χ2n) is 8.18. The van der Waals surface area contributed by atoms with Crippen molar-refractivity contribution in [2.24, 2.45) is 0 Å². The molecule has 0 amide bonds. The zero-order chi connectivity index (χ0) is 24.6. The van der Waals surface area contributed by atoms with Crippen LogP contribution in [0.25, 0.3) is 0 Å². The van der Waals surface area contributed by atoms with Crippen LogP contribution < -0.4 is 4.31 Å². The number of benzene rings is 3. The van der Waals surface area contributed by atoms with Crippen LogP contribution in [0.2, 0.25) is 10.0 Å². The second kappa shape index (κ2) is 9.87. The van der Waals surface area contributed by atoms with E-state index in [0.29, 0.717) is 33.3 Å². The normalized spacial score (nSPS) is 14.7. The van der Waals surface area contributed by atoms with Gasteiger partial charge in [-0.05, 0) is 53.6 Å². The predicted octanol–water partition coefficient (Wildman–Crippen LogP) is 5.69. The van der Waals surface area contributed by atoms with E-state index < -0.39 is 16.0 Å². The highest BCUT2D eigenvalue weighted by atomic mass is 79.9. The molecule has 178 valence electrons. The van der Waals surface area contributed by atoms with E-state index in [2.05, 4.69) is 20.8 Å². The van der Waals surface area contributed by atoms with E-state index in [1.807, 2.05) is 48.5 Å². The van der Waals surface area contributed by atoms with Gasteiger partial charge in [0.15, 0.2) is 0 Å². The number of rotatable bonds is 7. The van der Waals surface area contributed by atoms with Crippen LogP contribution in [0.1, 0.15) is 27.5 Å². The lowest BCUT2D eigenvalue weighted by Crippen LogP contribution is -2.61. The van der Waals surface area contributed by atoms with Crippen molar-refractivity contribution in [1.82, 2.24) is 4.90 Å². The van der Waals surface area contributed by atoms with Gasteiger partial charge in [0.2, 0.25) is 10.0 Å². The van der Waals surface area contributed by atoms with Crippen molar-refractivity contribution in [2.75, 3.05) is 23.7 Å². The van der Waals surface area contributed by atoms with Gasteiger partial charge in [-0.2, -0.15) is 0 Å². The van der Waals surface area contributed by atoms with E-state index in [0.717, 1.165) is 17.4 Å². The molecular formula is C24H21BrCl2N2O4S. The molecule has 3 aromatic carbocycles. The third-order valence-electron chi connectivity index (χ3n) is 5.70. The van der Waals surface area contributed by atoms with Gasteiger partial charge < -0.3 is 5.11 Å². The van der Waals surface area contributed by atoms with Crippen LogP contribution in [0.3, 0.4) is 0 Å². The van der Waals surface area contributed by atoms with Crippen LogP contribution in [0.15, 0.2) is 71.2 Å². The monoisotopic (exact) mass is 582 g/mol. The second-order valence-corrected chi connectivity index (χ2v) is 11.8. The van der Waals surface area contributed by atoms with Crippen LogP contribution in [-0.2, 0) is 10.0 Å². The van der Waals surface area contributed by atoms with Crippen LogP contribution in [0, 0.1) is 0 Å². The van der Waals surface area contributed by atoms with Gasteiger partial charge in [0, 0.05) is 27.6 Å². The summed E-state index contributed by atoms with van der Waals surface area (Å²) < 4.78 is 27.3. The maximum atomic E-state index is 12.8. The number of aromatic carboxylic acids is 1. The largest absolute Gasteiger partial charge is 0.478 e. The van der Waals surface area contributed by atoms with E-state index in [9.17, 15) is 18.3 Å². The minimum Gasteiger partial charge on any atom is -0.478 e. The molecule has 34 heavy (non-hydrogen) atoms. The molecule has 1 N–H and O–H groups in total. The Kier molecular flexibility index (Phi) is 7.26. The van der Waals surface area contributed by atoms with Crippen LogP contribution in [-0.4, -0.2) is 49.8 Å². The summed E-state index contributed by atoms with van der Waals surface area (Å²) >= 11 is 15.5. The molecule has 10 heteroatoms. The zero-order valence-corrected chi connectivity index (χ0v) is 21.9. The van der Waals surface area contributed by atoms with E-state index >= 15 is 0 Å². The molecule has 4 rings (SSSR count). The molecule has 0 unspecified atom stereocenters. The number of carbonyl (C=O) groups is 1. The third kappa shape index (κ3) is 5.42. The first-order valence-electron chi connectivity index (χ1n) is 10.3. The standard InChI is InChI=1S/C24H21BrCl2N2O4S/c1-34(32,33)29(21-11-17(24(30)31)10-18(25)12-21)22-13-28(14-22)23(15-2-6-19(26)7-3-15)16-4-8-20(27)9-5-16/h2-12,22-23H,13-14H2,1H3,(H,30,31). The average Bonchev–Trinajstić information content (AvgIpc) is 2.73. The number of halogens is 3. The number of nitrogens with zero attached hydrogens (tertiary/aromatic N) is 2. The van der Waals surface area contributed by atoms with Gasteiger partial charge >= 0.3 is 5.97 Å².